The summed E-state index contributed by atoms with van der Waals surface area (Å²) in [5.74, 6) is 0. The van der Waals surface area contributed by atoms with Crippen LogP contribution in [0.1, 0.15) is 44.6 Å². The van der Waals surface area contributed by atoms with Crippen LogP contribution in [0.3, 0.4) is 0 Å². The molecule has 0 nitrogen and oxygen atoms in total. The van der Waals surface area contributed by atoms with E-state index in [9.17, 15) is 0 Å². The van der Waals surface area contributed by atoms with Gasteiger partial charge < -0.3 is 0 Å². The summed E-state index contributed by atoms with van der Waals surface area (Å²) in [4.78, 5) is 0. The van der Waals surface area contributed by atoms with Gasteiger partial charge in [-0.2, -0.15) is 0 Å². The third-order valence-electron chi connectivity index (χ3n) is 3.55. The second-order valence-corrected chi connectivity index (χ2v) is 5.19. The molecule has 0 bridgehead atoms. The molecular weight excluding hydrogens is 228 g/mol. The Bertz CT molecular complexity index is 522. The summed E-state index contributed by atoms with van der Waals surface area (Å²) >= 11 is 0. The van der Waals surface area contributed by atoms with Crippen LogP contribution in [0.5, 0.6) is 0 Å². The Balaban J connectivity index is 1.81. The summed E-state index contributed by atoms with van der Waals surface area (Å²) in [6, 6.07) is 15.4. The zero-order valence-electron chi connectivity index (χ0n) is 11.9. The van der Waals surface area contributed by atoms with E-state index < -0.39 is 0 Å². The zero-order chi connectivity index (χ0) is 13.3. The lowest BCUT2D eigenvalue weighted by atomic mass is 10.0. The number of fused-ring (bicyclic) bond motifs is 1. The largest absolute Gasteiger partial charge is 0.0885 e. The standard InChI is InChI=1S/C19H24/c1-2-3-4-5-6-7-8-11-17-14-15-18-12-9-10-13-19(18)16-17/h6-7,9-10,12-16H,2-5,8,11H2,1H3/b7-6+. The maximum absolute atomic E-state index is 2.34. The van der Waals surface area contributed by atoms with E-state index in [1.54, 1.807) is 0 Å². The van der Waals surface area contributed by atoms with Gasteiger partial charge in [0.1, 0.15) is 0 Å². The van der Waals surface area contributed by atoms with Crippen molar-refractivity contribution in [2.24, 2.45) is 0 Å². The van der Waals surface area contributed by atoms with Crippen molar-refractivity contribution >= 4 is 10.8 Å². The molecule has 0 amide bonds. The van der Waals surface area contributed by atoms with Crippen molar-refractivity contribution in [1.29, 1.82) is 0 Å². The molecule has 0 heteroatoms. The third-order valence-corrected chi connectivity index (χ3v) is 3.55. The number of hydrogen-bond donors (Lipinski definition) is 0. The lowest BCUT2D eigenvalue weighted by molar-refractivity contribution is 0.728. The monoisotopic (exact) mass is 252 g/mol. The van der Waals surface area contributed by atoms with Crippen molar-refractivity contribution < 1.29 is 0 Å². The summed E-state index contributed by atoms with van der Waals surface area (Å²) < 4.78 is 0. The topological polar surface area (TPSA) is 0 Å². The highest BCUT2D eigenvalue weighted by Crippen LogP contribution is 2.16. The fourth-order valence-electron chi connectivity index (χ4n) is 2.39. The van der Waals surface area contributed by atoms with Gasteiger partial charge in [-0.25, -0.2) is 0 Å². The highest BCUT2D eigenvalue weighted by atomic mass is 14.0. The second kappa shape index (κ2) is 7.78. The summed E-state index contributed by atoms with van der Waals surface area (Å²) in [7, 11) is 0. The Hall–Kier alpha value is -1.56. The van der Waals surface area contributed by atoms with E-state index >= 15 is 0 Å². The molecule has 0 saturated carbocycles. The molecule has 0 aromatic heterocycles. The van der Waals surface area contributed by atoms with Crippen LogP contribution in [0.4, 0.5) is 0 Å². The average Bonchev–Trinajstić information content (AvgIpc) is 2.46. The van der Waals surface area contributed by atoms with Crippen LogP contribution in [-0.2, 0) is 6.42 Å². The Kier molecular flexibility index (Phi) is 5.68. The average molecular weight is 252 g/mol. The summed E-state index contributed by atoms with van der Waals surface area (Å²) in [5, 5.41) is 2.69. The van der Waals surface area contributed by atoms with Crippen LogP contribution in [0.15, 0.2) is 54.6 Å². The first kappa shape index (κ1) is 13.9. The Labute approximate surface area is 117 Å². The molecule has 19 heavy (non-hydrogen) atoms. The maximum atomic E-state index is 2.34. The van der Waals surface area contributed by atoms with E-state index in [1.807, 2.05) is 0 Å². The lowest BCUT2D eigenvalue weighted by Crippen LogP contribution is -1.83. The van der Waals surface area contributed by atoms with Crippen molar-refractivity contribution in [3.05, 3.63) is 60.2 Å². The van der Waals surface area contributed by atoms with Gasteiger partial charge in [-0.1, -0.05) is 74.4 Å². The molecule has 0 heterocycles. The van der Waals surface area contributed by atoms with Crippen molar-refractivity contribution in [3.63, 3.8) is 0 Å². The predicted molar refractivity (Wildman–Crippen MR) is 85.6 cm³/mol. The van der Waals surface area contributed by atoms with Crippen molar-refractivity contribution in [3.8, 4) is 0 Å². The van der Waals surface area contributed by atoms with E-state index in [-0.39, 0.29) is 0 Å². The first-order chi connectivity index (χ1) is 9.40. The minimum Gasteiger partial charge on any atom is -0.0885 e. The van der Waals surface area contributed by atoms with Crippen LogP contribution < -0.4 is 0 Å². The van der Waals surface area contributed by atoms with Gasteiger partial charge in [0.15, 0.2) is 0 Å². The lowest BCUT2D eigenvalue weighted by Gasteiger charge is -2.02. The minimum atomic E-state index is 1.15. The van der Waals surface area contributed by atoms with E-state index in [1.165, 1.54) is 42.0 Å². The summed E-state index contributed by atoms with van der Waals surface area (Å²) in [5.41, 5.74) is 1.44. The molecule has 0 aliphatic carbocycles. The fourth-order valence-corrected chi connectivity index (χ4v) is 2.39. The van der Waals surface area contributed by atoms with Gasteiger partial charge in [0.2, 0.25) is 0 Å². The number of allylic oxidation sites excluding steroid dienone is 2. The van der Waals surface area contributed by atoms with Crippen molar-refractivity contribution in [1.82, 2.24) is 0 Å². The number of hydrogen-bond acceptors (Lipinski definition) is 0. The molecule has 0 saturated heterocycles. The fraction of sp³-hybridized carbons (Fsp3) is 0.368. The van der Waals surface area contributed by atoms with Gasteiger partial charge in [-0.3, -0.25) is 0 Å². The van der Waals surface area contributed by atoms with Crippen LogP contribution in [0.25, 0.3) is 10.8 Å². The van der Waals surface area contributed by atoms with Crippen LogP contribution in [0, 0.1) is 0 Å². The molecule has 2 aromatic rings. The molecule has 0 unspecified atom stereocenters. The molecule has 0 aliphatic rings. The van der Waals surface area contributed by atoms with E-state index in [0.717, 1.165) is 12.8 Å². The summed E-state index contributed by atoms with van der Waals surface area (Å²) in [6.07, 6.45) is 12.2. The van der Waals surface area contributed by atoms with Gasteiger partial charge in [0.25, 0.3) is 0 Å². The molecule has 0 radical (unpaired) electrons. The normalized spacial score (nSPS) is 11.4. The number of unbranched alkanes of at least 4 members (excludes halogenated alkanes) is 3. The molecule has 0 N–H and O–H groups in total. The van der Waals surface area contributed by atoms with Crippen LogP contribution in [-0.4, -0.2) is 0 Å². The van der Waals surface area contributed by atoms with Gasteiger partial charge in [-0.15, -0.1) is 0 Å². The third kappa shape index (κ3) is 4.55. The first-order valence-electron chi connectivity index (χ1n) is 7.53. The quantitative estimate of drug-likeness (QED) is 0.424. The molecule has 0 aliphatic heterocycles. The Morgan fingerprint density at radius 3 is 2.47 bits per heavy atom. The molecule has 100 valence electrons. The summed E-state index contributed by atoms with van der Waals surface area (Å²) in [6.45, 7) is 2.25. The minimum absolute atomic E-state index is 1.15. The number of rotatable bonds is 7. The maximum Gasteiger partial charge on any atom is -0.0181 e. The Morgan fingerprint density at radius 2 is 1.63 bits per heavy atom. The number of benzene rings is 2. The molecule has 0 fully saturated rings. The molecule has 2 aromatic carbocycles. The van der Waals surface area contributed by atoms with Gasteiger partial charge >= 0.3 is 0 Å². The Morgan fingerprint density at radius 1 is 0.842 bits per heavy atom. The molecular formula is C19H24. The molecule has 0 spiro atoms. The van der Waals surface area contributed by atoms with Crippen molar-refractivity contribution in [2.45, 2.75) is 45.4 Å². The highest BCUT2D eigenvalue weighted by Gasteiger charge is 1.95. The smallest absolute Gasteiger partial charge is 0.0181 e. The zero-order valence-corrected chi connectivity index (χ0v) is 11.9. The van der Waals surface area contributed by atoms with E-state index in [4.69, 9.17) is 0 Å². The number of aryl methyl sites for hydroxylation is 1. The first-order valence-corrected chi connectivity index (χ1v) is 7.53. The van der Waals surface area contributed by atoms with Crippen LogP contribution >= 0.6 is 0 Å². The van der Waals surface area contributed by atoms with Gasteiger partial charge in [-0.05, 0) is 42.0 Å². The van der Waals surface area contributed by atoms with E-state index in [0.29, 0.717) is 0 Å². The molecule has 0 atom stereocenters. The van der Waals surface area contributed by atoms with Crippen LogP contribution in [0.2, 0.25) is 0 Å². The van der Waals surface area contributed by atoms with Gasteiger partial charge in [0, 0.05) is 0 Å². The highest BCUT2D eigenvalue weighted by molar-refractivity contribution is 5.82. The second-order valence-electron chi connectivity index (χ2n) is 5.19. The molecule has 2 rings (SSSR count). The van der Waals surface area contributed by atoms with Crippen molar-refractivity contribution in [2.75, 3.05) is 0 Å². The SMILES string of the molecule is CCCCC/C=C/CCc1ccc2ccccc2c1. The van der Waals surface area contributed by atoms with Gasteiger partial charge in [0.05, 0.1) is 0 Å². The predicted octanol–water partition coefficient (Wildman–Crippen LogP) is 5.91. The van der Waals surface area contributed by atoms with E-state index in [2.05, 4.69) is 61.5 Å².